The van der Waals surface area contributed by atoms with Crippen LogP contribution in [0.2, 0.25) is 15.1 Å². The summed E-state index contributed by atoms with van der Waals surface area (Å²) in [6.07, 6.45) is 3.77. The molecule has 0 spiro atoms. The first-order valence-corrected chi connectivity index (χ1v) is 15.4. The molecule has 1 saturated heterocycles. The van der Waals surface area contributed by atoms with Gasteiger partial charge in [-0.2, -0.15) is 0 Å². The van der Waals surface area contributed by atoms with E-state index in [-0.39, 0.29) is 46.6 Å². The molecule has 0 radical (unpaired) electrons. The summed E-state index contributed by atoms with van der Waals surface area (Å²) in [5, 5.41) is 4.09. The summed E-state index contributed by atoms with van der Waals surface area (Å²) in [6.45, 7) is 4.13. The number of halogens is 3. The second-order valence-electron chi connectivity index (χ2n) is 10.4. The highest BCUT2D eigenvalue weighted by Gasteiger charge is 2.50. The molecule has 2 atom stereocenters. The summed E-state index contributed by atoms with van der Waals surface area (Å²) in [5.41, 5.74) is 0.790. The molecule has 2 aliphatic heterocycles. The topological polar surface area (TPSA) is 90.0 Å². The number of amides is 2. The maximum absolute atomic E-state index is 14.1. The zero-order valence-electron chi connectivity index (χ0n) is 21.5. The van der Waals surface area contributed by atoms with E-state index < -0.39 is 22.1 Å². The summed E-state index contributed by atoms with van der Waals surface area (Å²) in [6, 6.07) is 9.15. The number of fused-ring (bicyclic) bond motifs is 1. The van der Waals surface area contributed by atoms with Crippen molar-refractivity contribution in [2.45, 2.75) is 56.1 Å². The van der Waals surface area contributed by atoms with Crippen molar-refractivity contribution in [1.29, 1.82) is 0 Å². The molecular formula is C27H29Cl3N4O4S. The molecule has 2 aromatic rings. The molecule has 2 unspecified atom stereocenters. The molecule has 2 aromatic carbocycles. The van der Waals surface area contributed by atoms with Crippen LogP contribution in [0.25, 0.3) is 0 Å². The van der Waals surface area contributed by atoms with Crippen LogP contribution < -0.4 is 5.32 Å². The number of hydrogen-bond acceptors (Lipinski definition) is 5. The van der Waals surface area contributed by atoms with Gasteiger partial charge in [0.25, 0.3) is 10.0 Å². The first-order valence-electron chi connectivity index (χ1n) is 12.8. The molecule has 0 aromatic heterocycles. The van der Waals surface area contributed by atoms with Crippen LogP contribution >= 0.6 is 34.8 Å². The molecule has 8 nitrogen and oxygen atoms in total. The number of benzene rings is 2. The number of hydrogen-bond donors (Lipinski definition) is 1. The lowest BCUT2D eigenvalue weighted by Gasteiger charge is -2.49. The highest BCUT2D eigenvalue weighted by atomic mass is 35.5. The fourth-order valence-electron chi connectivity index (χ4n) is 4.88. The van der Waals surface area contributed by atoms with Crippen LogP contribution in [0.3, 0.4) is 0 Å². The minimum atomic E-state index is -4.24. The Morgan fingerprint density at radius 2 is 1.64 bits per heavy atom. The van der Waals surface area contributed by atoms with Crippen LogP contribution in [0.1, 0.15) is 32.3 Å². The van der Waals surface area contributed by atoms with Crippen molar-refractivity contribution in [2.75, 3.05) is 13.1 Å². The third-order valence-corrected chi connectivity index (χ3v) is 9.94. The smallest absolute Gasteiger partial charge is 0.267 e. The molecule has 2 heterocycles. The van der Waals surface area contributed by atoms with Gasteiger partial charge in [0.1, 0.15) is 22.8 Å². The van der Waals surface area contributed by atoms with E-state index >= 15 is 0 Å². The molecular weight excluding hydrogens is 583 g/mol. The minimum Gasteiger partial charge on any atom is -0.311 e. The number of nitrogens with zero attached hydrogens (tertiary/aromatic N) is 3. The predicted octanol–water partition coefficient (Wildman–Crippen LogP) is 4.51. The van der Waals surface area contributed by atoms with E-state index in [1.54, 1.807) is 24.3 Å². The number of nitrogens with one attached hydrogen (secondary N) is 1. The Labute approximate surface area is 243 Å². The van der Waals surface area contributed by atoms with Crippen molar-refractivity contribution in [3.63, 3.8) is 0 Å². The first kappa shape index (κ1) is 28.2. The molecule has 12 heteroatoms. The van der Waals surface area contributed by atoms with Gasteiger partial charge in [0.15, 0.2) is 0 Å². The molecule has 2 fully saturated rings. The van der Waals surface area contributed by atoms with Crippen molar-refractivity contribution in [3.05, 3.63) is 75.1 Å². The van der Waals surface area contributed by atoms with Gasteiger partial charge in [0.2, 0.25) is 11.8 Å². The summed E-state index contributed by atoms with van der Waals surface area (Å²) in [4.78, 5) is 30.4. The zero-order valence-corrected chi connectivity index (χ0v) is 24.6. The number of carbonyl (C=O) groups excluding carboxylic acids is 2. The summed E-state index contributed by atoms with van der Waals surface area (Å²) < 4.78 is 29.4. The van der Waals surface area contributed by atoms with E-state index in [0.29, 0.717) is 22.5 Å². The van der Waals surface area contributed by atoms with Gasteiger partial charge in [-0.25, -0.2) is 12.7 Å². The second-order valence-corrected chi connectivity index (χ2v) is 13.5. The number of rotatable bonds is 8. The Morgan fingerprint density at radius 3 is 2.26 bits per heavy atom. The van der Waals surface area contributed by atoms with Crippen LogP contribution in [-0.4, -0.2) is 65.6 Å². The monoisotopic (exact) mass is 610 g/mol. The van der Waals surface area contributed by atoms with Gasteiger partial charge in [-0.05, 0) is 75.0 Å². The Kier molecular flexibility index (Phi) is 7.92. The lowest BCUT2D eigenvalue weighted by Crippen LogP contribution is -2.67. The van der Waals surface area contributed by atoms with Crippen molar-refractivity contribution in [3.8, 4) is 0 Å². The Bertz CT molecular complexity index is 1430. The Hall–Kier alpha value is -2.30. The van der Waals surface area contributed by atoms with E-state index in [1.165, 1.54) is 38.5 Å². The maximum atomic E-state index is 14.1. The highest BCUT2D eigenvalue weighted by molar-refractivity contribution is 7.89. The fourth-order valence-corrected chi connectivity index (χ4v) is 7.22. The van der Waals surface area contributed by atoms with Gasteiger partial charge in [-0.1, -0.05) is 46.9 Å². The predicted molar refractivity (Wildman–Crippen MR) is 151 cm³/mol. The van der Waals surface area contributed by atoms with E-state index in [9.17, 15) is 18.0 Å². The molecule has 2 amide bonds. The minimum absolute atomic E-state index is 0.0284. The zero-order chi connectivity index (χ0) is 28.1. The molecule has 1 N–H and O–H groups in total. The van der Waals surface area contributed by atoms with Gasteiger partial charge in [-0.3, -0.25) is 14.5 Å². The highest BCUT2D eigenvalue weighted by Crippen LogP contribution is 2.37. The normalized spacial score (nSPS) is 21.9. The van der Waals surface area contributed by atoms with E-state index in [2.05, 4.69) is 5.32 Å². The maximum Gasteiger partial charge on any atom is 0.267 e. The molecule has 1 saturated carbocycles. The molecule has 1 aliphatic carbocycles. The molecule has 39 heavy (non-hydrogen) atoms. The first-order chi connectivity index (χ1) is 18.5. The van der Waals surface area contributed by atoms with E-state index in [0.717, 1.165) is 18.4 Å². The van der Waals surface area contributed by atoms with Gasteiger partial charge in [0, 0.05) is 28.7 Å². The summed E-state index contributed by atoms with van der Waals surface area (Å²) >= 11 is 18.5. The molecule has 208 valence electrons. The molecule has 3 aliphatic rings. The van der Waals surface area contributed by atoms with Crippen molar-refractivity contribution >= 4 is 56.6 Å². The van der Waals surface area contributed by atoms with E-state index in [1.807, 2.05) is 13.8 Å². The number of carbonyl (C=O) groups is 2. The third kappa shape index (κ3) is 5.65. The van der Waals surface area contributed by atoms with Gasteiger partial charge < -0.3 is 10.2 Å². The van der Waals surface area contributed by atoms with Gasteiger partial charge >= 0.3 is 0 Å². The van der Waals surface area contributed by atoms with Gasteiger partial charge in [-0.15, -0.1) is 0 Å². The van der Waals surface area contributed by atoms with E-state index in [4.69, 9.17) is 34.8 Å². The van der Waals surface area contributed by atoms with Crippen molar-refractivity contribution in [2.24, 2.45) is 5.92 Å². The Morgan fingerprint density at radius 1 is 0.974 bits per heavy atom. The SMILES string of the molecule is CC(C)N1C=C2N(C(=O)C(NCC3CC3)CN2S(=O)(=O)c2ccc(Cl)cc2Cl)C(Cc2ccc(Cl)cc2)C1=O. The summed E-state index contributed by atoms with van der Waals surface area (Å²) in [5.74, 6) is -0.0643. The second kappa shape index (κ2) is 10.9. The van der Waals surface area contributed by atoms with Crippen molar-refractivity contribution in [1.82, 2.24) is 19.4 Å². The fraction of sp³-hybridized carbons (Fsp3) is 0.407. The third-order valence-electron chi connectivity index (χ3n) is 7.20. The standard InChI is InChI=1S/C27H29Cl3N4O4S/c1-16(2)32-15-25-33(39(37,38)24-10-9-20(29)12-21(24)30)14-22(31-13-18-3-4-18)26(35)34(25)23(27(32)36)11-17-5-7-19(28)8-6-17/h5-10,12,15-16,18,22-23,31H,3-4,11,13-14H2,1-2H3. The van der Waals surface area contributed by atoms with Crippen molar-refractivity contribution < 1.29 is 18.0 Å². The van der Waals surface area contributed by atoms with Crippen LogP contribution in [0.4, 0.5) is 0 Å². The molecule has 5 rings (SSSR count). The quantitative estimate of drug-likeness (QED) is 0.475. The largest absolute Gasteiger partial charge is 0.311 e. The van der Waals surface area contributed by atoms with Crippen LogP contribution in [-0.2, 0) is 26.0 Å². The van der Waals surface area contributed by atoms with Crippen LogP contribution in [0.5, 0.6) is 0 Å². The summed E-state index contributed by atoms with van der Waals surface area (Å²) in [7, 11) is -4.24. The molecule has 0 bridgehead atoms. The van der Waals surface area contributed by atoms with Crippen LogP contribution in [0, 0.1) is 5.92 Å². The average Bonchev–Trinajstić information content (AvgIpc) is 3.70. The number of sulfonamides is 1. The lowest BCUT2D eigenvalue weighted by atomic mass is 9.99. The average molecular weight is 612 g/mol. The lowest BCUT2D eigenvalue weighted by molar-refractivity contribution is -0.150. The Balaban J connectivity index is 1.62. The van der Waals surface area contributed by atoms with Crippen LogP contribution in [0.15, 0.2) is 59.4 Å². The van der Waals surface area contributed by atoms with Gasteiger partial charge in [0.05, 0.1) is 11.6 Å².